The first-order valence-electron chi connectivity index (χ1n) is 4.77. The monoisotopic (exact) mass is 249 g/mol. The van der Waals surface area contributed by atoms with Gasteiger partial charge >= 0.3 is 0 Å². The van der Waals surface area contributed by atoms with Crippen LogP contribution in [0.1, 0.15) is 18.2 Å². The molecule has 0 aliphatic heterocycles. The molecule has 0 fully saturated rings. The Morgan fingerprint density at radius 1 is 1.29 bits per heavy atom. The van der Waals surface area contributed by atoms with Crippen molar-refractivity contribution in [1.29, 1.82) is 0 Å². The summed E-state index contributed by atoms with van der Waals surface area (Å²) in [7, 11) is 0. The lowest BCUT2D eigenvalue weighted by molar-refractivity contribution is 1.06. The Hall–Kier alpha value is -0.890. The van der Waals surface area contributed by atoms with E-state index < -0.39 is 0 Å². The first kappa shape index (κ1) is 9.66. The molecule has 72 valence electrons. The first-order valence-corrected chi connectivity index (χ1v) is 5.57. The summed E-state index contributed by atoms with van der Waals surface area (Å²) in [6.07, 6.45) is 1.02. The fourth-order valence-electron chi connectivity index (χ4n) is 1.74. The highest BCUT2D eigenvalue weighted by molar-refractivity contribution is 9.10. The molecule has 0 spiro atoms. The highest BCUT2D eigenvalue weighted by atomic mass is 79.9. The number of pyridine rings is 1. The zero-order chi connectivity index (χ0) is 10.1. The average molecular weight is 250 g/mol. The van der Waals surface area contributed by atoms with Crippen molar-refractivity contribution in [1.82, 2.24) is 4.98 Å². The molecule has 0 unspecified atom stereocenters. The van der Waals surface area contributed by atoms with Crippen molar-refractivity contribution in [2.75, 3.05) is 0 Å². The lowest BCUT2D eigenvalue weighted by Gasteiger charge is -2.08. The normalized spacial score (nSPS) is 10.8. The molecule has 2 aromatic rings. The number of fused-ring (bicyclic) bond motifs is 1. The molecule has 0 radical (unpaired) electrons. The van der Waals surface area contributed by atoms with Gasteiger partial charge in [0.15, 0.2) is 0 Å². The maximum Gasteiger partial charge on any atom is 0.0716 e. The molecular formula is C12H12BrN. The summed E-state index contributed by atoms with van der Waals surface area (Å²) < 4.78 is 1.20. The average Bonchev–Trinajstić information content (AvgIpc) is 2.18. The number of nitrogens with zero attached hydrogens (tertiary/aromatic N) is 1. The zero-order valence-corrected chi connectivity index (χ0v) is 9.93. The summed E-state index contributed by atoms with van der Waals surface area (Å²) in [5, 5.41) is 1.20. The molecule has 0 amide bonds. The molecule has 0 atom stereocenters. The van der Waals surface area contributed by atoms with Crippen LogP contribution in [-0.2, 0) is 6.42 Å². The third-order valence-corrected chi connectivity index (χ3v) is 3.39. The van der Waals surface area contributed by atoms with E-state index in [9.17, 15) is 0 Å². The van der Waals surface area contributed by atoms with E-state index in [0.717, 1.165) is 17.6 Å². The van der Waals surface area contributed by atoms with E-state index in [1.54, 1.807) is 0 Å². The Morgan fingerprint density at radius 3 is 2.71 bits per heavy atom. The number of hydrogen-bond acceptors (Lipinski definition) is 1. The predicted molar refractivity (Wildman–Crippen MR) is 63.6 cm³/mol. The van der Waals surface area contributed by atoms with E-state index in [0.29, 0.717) is 0 Å². The van der Waals surface area contributed by atoms with Gasteiger partial charge in [-0.15, -0.1) is 0 Å². The minimum atomic E-state index is 1.02. The van der Waals surface area contributed by atoms with Crippen molar-refractivity contribution >= 4 is 26.8 Å². The Morgan fingerprint density at radius 2 is 2.00 bits per heavy atom. The fraction of sp³-hybridized carbons (Fsp3) is 0.250. The van der Waals surface area contributed by atoms with Gasteiger partial charge < -0.3 is 0 Å². The molecule has 0 saturated heterocycles. The van der Waals surface area contributed by atoms with Crippen LogP contribution in [0.15, 0.2) is 28.7 Å². The van der Waals surface area contributed by atoms with Crippen molar-refractivity contribution in [2.45, 2.75) is 20.3 Å². The van der Waals surface area contributed by atoms with Crippen molar-refractivity contribution in [3.8, 4) is 0 Å². The molecule has 1 heterocycles. The second-order valence-corrected chi connectivity index (χ2v) is 4.15. The van der Waals surface area contributed by atoms with Crippen LogP contribution in [0.3, 0.4) is 0 Å². The van der Waals surface area contributed by atoms with E-state index in [1.807, 2.05) is 18.2 Å². The molecule has 0 saturated carbocycles. The van der Waals surface area contributed by atoms with Gasteiger partial charge in [-0.05, 0) is 40.9 Å². The van der Waals surface area contributed by atoms with Gasteiger partial charge in [-0.25, -0.2) is 0 Å². The number of para-hydroxylation sites is 1. The highest BCUT2D eigenvalue weighted by Crippen LogP contribution is 2.28. The van der Waals surface area contributed by atoms with E-state index in [-0.39, 0.29) is 0 Å². The van der Waals surface area contributed by atoms with Gasteiger partial charge in [-0.2, -0.15) is 0 Å². The van der Waals surface area contributed by atoms with Gasteiger partial charge in [0.25, 0.3) is 0 Å². The quantitative estimate of drug-likeness (QED) is 0.748. The minimum absolute atomic E-state index is 1.02. The zero-order valence-electron chi connectivity index (χ0n) is 8.34. The standard InChI is InChI=1S/C12H12BrN/c1-3-9-8(2)14-11-7-5-4-6-10(11)12(9)13/h4-7H,3H2,1-2H3. The minimum Gasteiger partial charge on any atom is -0.253 e. The van der Waals surface area contributed by atoms with Crippen LogP contribution in [0.2, 0.25) is 0 Å². The molecule has 1 aromatic carbocycles. The molecular weight excluding hydrogens is 238 g/mol. The third kappa shape index (κ3) is 1.44. The Labute approximate surface area is 92.3 Å². The molecule has 2 heteroatoms. The molecule has 1 aromatic heterocycles. The molecule has 0 N–H and O–H groups in total. The maximum absolute atomic E-state index is 4.58. The van der Waals surface area contributed by atoms with Gasteiger partial charge in [0.2, 0.25) is 0 Å². The van der Waals surface area contributed by atoms with Gasteiger partial charge in [0, 0.05) is 15.6 Å². The van der Waals surface area contributed by atoms with Crippen LogP contribution in [0.25, 0.3) is 10.9 Å². The number of aryl methyl sites for hydroxylation is 1. The van der Waals surface area contributed by atoms with Crippen molar-refractivity contribution in [3.63, 3.8) is 0 Å². The third-order valence-electron chi connectivity index (χ3n) is 2.48. The van der Waals surface area contributed by atoms with Crippen LogP contribution < -0.4 is 0 Å². The Balaban J connectivity index is 2.86. The summed E-state index contributed by atoms with van der Waals surface area (Å²) in [6, 6.07) is 8.22. The second kappa shape index (κ2) is 3.70. The number of hydrogen-bond donors (Lipinski definition) is 0. The van der Waals surface area contributed by atoms with Crippen molar-refractivity contribution in [2.24, 2.45) is 0 Å². The van der Waals surface area contributed by atoms with Gasteiger partial charge in [-0.3, -0.25) is 4.98 Å². The first-order chi connectivity index (χ1) is 6.74. The summed E-state index contributed by atoms with van der Waals surface area (Å²) in [4.78, 5) is 4.58. The van der Waals surface area contributed by atoms with Crippen LogP contribution >= 0.6 is 15.9 Å². The summed E-state index contributed by atoms with van der Waals surface area (Å²) in [5.74, 6) is 0. The van der Waals surface area contributed by atoms with Crippen LogP contribution in [0.4, 0.5) is 0 Å². The van der Waals surface area contributed by atoms with E-state index >= 15 is 0 Å². The number of halogens is 1. The van der Waals surface area contributed by atoms with Crippen LogP contribution in [0, 0.1) is 6.92 Å². The fourth-order valence-corrected chi connectivity index (χ4v) is 2.64. The van der Waals surface area contributed by atoms with E-state index in [1.165, 1.54) is 15.4 Å². The molecule has 0 aliphatic carbocycles. The second-order valence-electron chi connectivity index (χ2n) is 3.36. The number of aromatic nitrogens is 1. The Kier molecular flexibility index (Phi) is 2.55. The summed E-state index contributed by atoms with van der Waals surface area (Å²) in [5.41, 5.74) is 3.50. The topological polar surface area (TPSA) is 12.9 Å². The predicted octanol–water partition coefficient (Wildman–Crippen LogP) is 3.87. The van der Waals surface area contributed by atoms with Crippen LogP contribution in [0.5, 0.6) is 0 Å². The molecule has 0 bridgehead atoms. The molecule has 0 aliphatic rings. The van der Waals surface area contributed by atoms with E-state index in [2.05, 4.69) is 40.8 Å². The molecule has 14 heavy (non-hydrogen) atoms. The lowest BCUT2D eigenvalue weighted by Crippen LogP contribution is -1.94. The summed E-state index contributed by atoms with van der Waals surface area (Å²) in [6.45, 7) is 4.22. The molecule has 2 rings (SSSR count). The van der Waals surface area contributed by atoms with Crippen molar-refractivity contribution in [3.05, 3.63) is 40.0 Å². The lowest BCUT2D eigenvalue weighted by atomic mass is 10.1. The maximum atomic E-state index is 4.58. The largest absolute Gasteiger partial charge is 0.253 e. The summed E-state index contributed by atoms with van der Waals surface area (Å²) >= 11 is 3.65. The van der Waals surface area contributed by atoms with Gasteiger partial charge in [-0.1, -0.05) is 25.1 Å². The van der Waals surface area contributed by atoms with Gasteiger partial charge in [0.05, 0.1) is 5.52 Å². The SMILES string of the molecule is CCc1c(C)nc2ccccc2c1Br. The number of benzene rings is 1. The van der Waals surface area contributed by atoms with Crippen LogP contribution in [-0.4, -0.2) is 4.98 Å². The van der Waals surface area contributed by atoms with Crippen molar-refractivity contribution < 1.29 is 0 Å². The van der Waals surface area contributed by atoms with E-state index in [4.69, 9.17) is 0 Å². The Bertz CT molecular complexity index is 477. The molecule has 1 nitrogen and oxygen atoms in total. The number of rotatable bonds is 1. The smallest absolute Gasteiger partial charge is 0.0716 e. The highest BCUT2D eigenvalue weighted by Gasteiger charge is 2.07. The van der Waals surface area contributed by atoms with Gasteiger partial charge in [0.1, 0.15) is 0 Å².